The van der Waals surface area contributed by atoms with E-state index in [0.717, 1.165) is 23.7 Å². The molecule has 0 heterocycles. The van der Waals surface area contributed by atoms with E-state index in [9.17, 15) is 4.79 Å². The normalized spacial score (nSPS) is 27.1. The second kappa shape index (κ2) is 6.08. The molecule has 3 nitrogen and oxygen atoms in total. The highest BCUT2D eigenvalue weighted by atomic mass is 16.5. The predicted octanol–water partition coefficient (Wildman–Crippen LogP) is 3.53. The van der Waals surface area contributed by atoms with Gasteiger partial charge in [-0.2, -0.15) is 0 Å². The third-order valence-electron chi connectivity index (χ3n) is 4.84. The van der Waals surface area contributed by atoms with Crippen LogP contribution in [0.2, 0.25) is 0 Å². The van der Waals surface area contributed by atoms with E-state index in [0.29, 0.717) is 12.5 Å². The van der Waals surface area contributed by atoms with E-state index in [1.807, 2.05) is 38.1 Å². The lowest BCUT2D eigenvalue weighted by molar-refractivity contribution is -0.126. The Hall–Kier alpha value is -1.51. The zero-order valence-electron chi connectivity index (χ0n) is 13.0. The van der Waals surface area contributed by atoms with Crippen molar-refractivity contribution in [1.29, 1.82) is 0 Å². The van der Waals surface area contributed by atoms with Crippen LogP contribution in [0.4, 0.5) is 0 Å². The lowest BCUT2D eigenvalue weighted by Crippen LogP contribution is -2.33. The van der Waals surface area contributed by atoms with Crippen LogP contribution >= 0.6 is 0 Å². The summed E-state index contributed by atoms with van der Waals surface area (Å²) >= 11 is 0. The van der Waals surface area contributed by atoms with Gasteiger partial charge in [-0.1, -0.05) is 18.6 Å². The first-order valence-electron chi connectivity index (χ1n) is 8.15. The van der Waals surface area contributed by atoms with Crippen LogP contribution in [0.1, 0.15) is 45.1 Å². The SMILES string of the molecule is CC(C)Oc1ccc(CNC(=O)C2CC3CCC2C3)cc1. The van der Waals surface area contributed by atoms with Gasteiger partial charge < -0.3 is 10.1 Å². The number of hydrogen-bond acceptors (Lipinski definition) is 2. The zero-order chi connectivity index (χ0) is 14.8. The Labute approximate surface area is 127 Å². The molecule has 2 aliphatic rings. The van der Waals surface area contributed by atoms with Crippen LogP contribution in [0, 0.1) is 17.8 Å². The molecule has 3 heteroatoms. The number of rotatable bonds is 5. The van der Waals surface area contributed by atoms with Crippen molar-refractivity contribution in [2.45, 2.75) is 52.2 Å². The van der Waals surface area contributed by atoms with Crippen molar-refractivity contribution in [3.05, 3.63) is 29.8 Å². The highest BCUT2D eigenvalue weighted by molar-refractivity contribution is 5.79. The molecule has 0 aromatic heterocycles. The molecule has 2 saturated carbocycles. The summed E-state index contributed by atoms with van der Waals surface area (Å²) in [5.41, 5.74) is 1.13. The van der Waals surface area contributed by atoms with Gasteiger partial charge in [0.25, 0.3) is 0 Å². The van der Waals surface area contributed by atoms with Crippen molar-refractivity contribution in [2.24, 2.45) is 17.8 Å². The minimum absolute atomic E-state index is 0.188. The van der Waals surface area contributed by atoms with Crippen molar-refractivity contribution < 1.29 is 9.53 Å². The predicted molar refractivity (Wildman–Crippen MR) is 83.0 cm³/mol. The summed E-state index contributed by atoms with van der Waals surface area (Å²) in [5.74, 6) is 2.88. The van der Waals surface area contributed by atoms with Gasteiger partial charge in [0.05, 0.1) is 6.10 Å². The summed E-state index contributed by atoms with van der Waals surface area (Å²) in [4.78, 5) is 12.3. The average Bonchev–Trinajstić information content (AvgIpc) is 3.08. The molecule has 0 spiro atoms. The van der Waals surface area contributed by atoms with E-state index in [2.05, 4.69) is 5.32 Å². The summed E-state index contributed by atoms with van der Waals surface area (Å²) in [7, 11) is 0. The van der Waals surface area contributed by atoms with Crippen LogP contribution in [0.3, 0.4) is 0 Å². The van der Waals surface area contributed by atoms with Crippen LogP contribution in [0.25, 0.3) is 0 Å². The minimum atomic E-state index is 0.188. The molecule has 1 aromatic rings. The van der Waals surface area contributed by atoms with Gasteiger partial charge in [0.2, 0.25) is 5.91 Å². The fraction of sp³-hybridized carbons (Fsp3) is 0.611. The van der Waals surface area contributed by atoms with Gasteiger partial charge in [0.1, 0.15) is 5.75 Å². The van der Waals surface area contributed by atoms with Crippen LogP contribution in [0.15, 0.2) is 24.3 Å². The molecule has 0 aliphatic heterocycles. The Morgan fingerprint density at radius 1 is 1.24 bits per heavy atom. The summed E-state index contributed by atoms with van der Waals surface area (Å²) in [5, 5.41) is 3.11. The van der Waals surface area contributed by atoms with E-state index in [-0.39, 0.29) is 17.9 Å². The third kappa shape index (κ3) is 3.39. The number of benzene rings is 1. The number of nitrogens with one attached hydrogen (secondary N) is 1. The smallest absolute Gasteiger partial charge is 0.223 e. The number of carbonyl (C=O) groups excluding carboxylic acids is 1. The fourth-order valence-electron chi connectivity index (χ4n) is 3.84. The second-order valence-corrected chi connectivity index (χ2v) is 6.81. The molecule has 1 amide bonds. The molecule has 3 unspecified atom stereocenters. The lowest BCUT2D eigenvalue weighted by Gasteiger charge is -2.20. The Balaban J connectivity index is 1.49. The molecule has 114 valence electrons. The van der Waals surface area contributed by atoms with E-state index in [1.54, 1.807) is 0 Å². The molecule has 1 aromatic carbocycles. The third-order valence-corrected chi connectivity index (χ3v) is 4.84. The van der Waals surface area contributed by atoms with Crippen LogP contribution < -0.4 is 10.1 Å². The van der Waals surface area contributed by atoms with Gasteiger partial charge in [-0.3, -0.25) is 4.79 Å². The van der Waals surface area contributed by atoms with Crippen molar-refractivity contribution in [3.8, 4) is 5.75 Å². The van der Waals surface area contributed by atoms with Crippen LogP contribution in [-0.4, -0.2) is 12.0 Å². The van der Waals surface area contributed by atoms with Crippen LogP contribution in [0.5, 0.6) is 5.75 Å². The summed E-state index contributed by atoms with van der Waals surface area (Å²) in [6.45, 7) is 4.65. The molecule has 3 atom stereocenters. The number of carbonyl (C=O) groups is 1. The number of hydrogen-bond donors (Lipinski definition) is 1. The summed E-state index contributed by atoms with van der Waals surface area (Å²) in [6.07, 6.45) is 5.17. The quantitative estimate of drug-likeness (QED) is 0.899. The Bertz CT molecular complexity index is 494. The summed E-state index contributed by atoms with van der Waals surface area (Å²) in [6, 6.07) is 8.00. The van der Waals surface area contributed by atoms with Crippen molar-refractivity contribution in [3.63, 3.8) is 0 Å². The maximum absolute atomic E-state index is 12.3. The molecule has 21 heavy (non-hydrogen) atoms. The van der Waals surface area contributed by atoms with Gasteiger partial charge in [-0.05, 0) is 62.6 Å². The lowest BCUT2D eigenvalue weighted by atomic mass is 9.88. The van der Waals surface area contributed by atoms with E-state index in [4.69, 9.17) is 4.74 Å². The monoisotopic (exact) mass is 287 g/mol. The molecule has 1 N–H and O–H groups in total. The van der Waals surface area contributed by atoms with Gasteiger partial charge >= 0.3 is 0 Å². The highest BCUT2D eigenvalue weighted by Crippen LogP contribution is 2.48. The van der Waals surface area contributed by atoms with Crippen LogP contribution in [-0.2, 0) is 11.3 Å². The van der Waals surface area contributed by atoms with Gasteiger partial charge in [0, 0.05) is 12.5 Å². The first-order chi connectivity index (χ1) is 10.1. The highest BCUT2D eigenvalue weighted by Gasteiger charge is 2.42. The van der Waals surface area contributed by atoms with Crippen molar-refractivity contribution in [2.75, 3.05) is 0 Å². The Morgan fingerprint density at radius 3 is 2.57 bits per heavy atom. The first-order valence-corrected chi connectivity index (χ1v) is 8.15. The molecule has 2 fully saturated rings. The van der Waals surface area contributed by atoms with Gasteiger partial charge in [-0.15, -0.1) is 0 Å². The molecular formula is C18H25NO2. The zero-order valence-corrected chi connectivity index (χ0v) is 13.0. The Kier molecular flexibility index (Phi) is 4.18. The Morgan fingerprint density at radius 2 is 2.00 bits per heavy atom. The number of fused-ring (bicyclic) bond motifs is 2. The van der Waals surface area contributed by atoms with Crippen molar-refractivity contribution >= 4 is 5.91 Å². The number of amides is 1. The van der Waals surface area contributed by atoms with Gasteiger partial charge in [0.15, 0.2) is 0 Å². The van der Waals surface area contributed by atoms with Crippen molar-refractivity contribution in [1.82, 2.24) is 5.32 Å². The molecule has 0 radical (unpaired) electrons. The molecule has 0 saturated heterocycles. The maximum atomic E-state index is 12.3. The molecule has 2 bridgehead atoms. The minimum Gasteiger partial charge on any atom is -0.491 e. The second-order valence-electron chi connectivity index (χ2n) is 6.81. The maximum Gasteiger partial charge on any atom is 0.223 e. The van der Waals surface area contributed by atoms with Gasteiger partial charge in [-0.25, -0.2) is 0 Å². The first kappa shape index (κ1) is 14.4. The topological polar surface area (TPSA) is 38.3 Å². The summed E-state index contributed by atoms with van der Waals surface area (Å²) < 4.78 is 5.62. The molecule has 3 rings (SSSR count). The van der Waals surface area contributed by atoms with E-state index >= 15 is 0 Å². The molecular weight excluding hydrogens is 262 g/mol. The number of ether oxygens (including phenoxy) is 1. The molecule has 2 aliphatic carbocycles. The largest absolute Gasteiger partial charge is 0.491 e. The fourth-order valence-corrected chi connectivity index (χ4v) is 3.84. The standard InChI is InChI=1S/C18H25NO2/c1-12(2)21-16-7-4-13(5-8-16)11-19-18(20)17-10-14-3-6-15(17)9-14/h4-5,7-8,12,14-15,17H,3,6,9-11H2,1-2H3,(H,19,20). The van der Waals surface area contributed by atoms with E-state index in [1.165, 1.54) is 19.3 Å². The van der Waals surface area contributed by atoms with E-state index < -0.39 is 0 Å². The average molecular weight is 287 g/mol.